The van der Waals surface area contributed by atoms with Gasteiger partial charge in [0.15, 0.2) is 11.5 Å². The van der Waals surface area contributed by atoms with Crippen molar-refractivity contribution in [2.45, 2.75) is 6.61 Å². The number of nitrogens with one attached hydrogen (secondary N) is 1. The molecule has 0 saturated heterocycles. The highest BCUT2D eigenvalue weighted by molar-refractivity contribution is 6.42. The smallest absolute Gasteiger partial charge is 0.255 e. The molecule has 27 heavy (non-hydrogen) atoms. The molecule has 0 spiro atoms. The number of halogens is 2. The van der Waals surface area contributed by atoms with Crippen LogP contribution in [0.1, 0.15) is 15.9 Å². The van der Waals surface area contributed by atoms with Crippen LogP contribution in [0.3, 0.4) is 0 Å². The Morgan fingerprint density at radius 2 is 1.63 bits per heavy atom. The predicted molar refractivity (Wildman–Crippen MR) is 108 cm³/mol. The van der Waals surface area contributed by atoms with Gasteiger partial charge >= 0.3 is 0 Å². The van der Waals surface area contributed by atoms with Gasteiger partial charge in [-0.2, -0.15) is 0 Å². The summed E-state index contributed by atoms with van der Waals surface area (Å²) in [6, 6.07) is 19.6. The normalized spacial score (nSPS) is 10.3. The molecule has 0 aliphatic carbocycles. The summed E-state index contributed by atoms with van der Waals surface area (Å²) in [5.74, 6) is 1.11. The molecule has 0 unspecified atom stereocenters. The topological polar surface area (TPSA) is 47.6 Å². The van der Waals surface area contributed by atoms with Gasteiger partial charge in [0.1, 0.15) is 6.61 Å². The molecule has 3 aromatic rings. The van der Waals surface area contributed by atoms with E-state index in [0.717, 1.165) is 5.56 Å². The highest BCUT2D eigenvalue weighted by Crippen LogP contribution is 2.27. The van der Waals surface area contributed by atoms with Gasteiger partial charge in [0, 0.05) is 11.3 Å². The van der Waals surface area contributed by atoms with Crippen molar-refractivity contribution < 1.29 is 14.3 Å². The maximum atomic E-state index is 12.3. The maximum absolute atomic E-state index is 12.3. The molecule has 0 aliphatic heterocycles. The van der Waals surface area contributed by atoms with Gasteiger partial charge in [0.2, 0.25) is 0 Å². The first-order chi connectivity index (χ1) is 13.1. The SMILES string of the molecule is COc1ccccc1OCc1ccc(C(=O)Nc2ccc(Cl)c(Cl)c2)cc1. The lowest BCUT2D eigenvalue weighted by atomic mass is 10.1. The van der Waals surface area contributed by atoms with Crippen LogP contribution >= 0.6 is 23.2 Å². The second-order valence-corrected chi connectivity index (χ2v) is 6.53. The zero-order chi connectivity index (χ0) is 19.2. The minimum Gasteiger partial charge on any atom is -0.493 e. The fourth-order valence-electron chi connectivity index (χ4n) is 2.43. The van der Waals surface area contributed by atoms with Crippen LogP contribution < -0.4 is 14.8 Å². The van der Waals surface area contributed by atoms with E-state index in [9.17, 15) is 4.79 Å². The molecule has 0 atom stereocenters. The number of benzene rings is 3. The number of carbonyl (C=O) groups is 1. The van der Waals surface area contributed by atoms with Crippen LogP contribution in [0.2, 0.25) is 10.0 Å². The quantitative estimate of drug-likeness (QED) is 0.564. The summed E-state index contributed by atoms with van der Waals surface area (Å²) in [5.41, 5.74) is 2.05. The van der Waals surface area contributed by atoms with E-state index in [1.165, 1.54) is 0 Å². The Labute approximate surface area is 167 Å². The Morgan fingerprint density at radius 3 is 2.30 bits per heavy atom. The largest absolute Gasteiger partial charge is 0.493 e. The van der Waals surface area contributed by atoms with E-state index in [4.69, 9.17) is 32.7 Å². The molecular formula is C21H17Cl2NO3. The van der Waals surface area contributed by atoms with Gasteiger partial charge < -0.3 is 14.8 Å². The van der Waals surface area contributed by atoms with E-state index in [2.05, 4.69) is 5.32 Å². The van der Waals surface area contributed by atoms with E-state index in [1.807, 2.05) is 36.4 Å². The van der Waals surface area contributed by atoms with Crippen molar-refractivity contribution in [2.24, 2.45) is 0 Å². The zero-order valence-corrected chi connectivity index (χ0v) is 16.1. The minimum atomic E-state index is -0.231. The highest BCUT2D eigenvalue weighted by atomic mass is 35.5. The van der Waals surface area contributed by atoms with E-state index in [0.29, 0.717) is 39.4 Å². The lowest BCUT2D eigenvalue weighted by molar-refractivity contribution is 0.102. The standard InChI is InChI=1S/C21H17Cl2NO3/c1-26-19-4-2-3-5-20(19)27-13-14-6-8-15(9-7-14)21(25)24-16-10-11-17(22)18(23)12-16/h2-12H,13H2,1H3,(H,24,25). The van der Waals surface area contributed by atoms with Gasteiger partial charge in [0.05, 0.1) is 17.2 Å². The van der Waals surface area contributed by atoms with Crippen LogP contribution in [0.25, 0.3) is 0 Å². The van der Waals surface area contributed by atoms with Crippen molar-refractivity contribution >= 4 is 34.8 Å². The van der Waals surface area contributed by atoms with Crippen molar-refractivity contribution in [3.8, 4) is 11.5 Å². The third-order valence-electron chi connectivity index (χ3n) is 3.86. The lowest BCUT2D eigenvalue weighted by Crippen LogP contribution is -2.12. The first kappa shape index (κ1) is 19.1. The summed E-state index contributed by atoms with van der Waals surface area (Å²) in [5, 5.41) is 3.62. The second-order valence-electron chi connectivity index (χ2n) is 5.72. The summed E-state index contributed by atoms with van der Waals surface area (Å²) in [6.07, 6.45) is 0. The number of hydrogen-bond acceptors (Lipinski definition) is 3. The van der Waals surface area contributed by atoms with Crippen molar-refractivity contribution in [2.75, 3.05) is 12.4 Å². The van der Waals surface area contributed by atoms with E-state index in [1.54, 1.807) is 37.4 Å². The zero-order valence-electron chi connectivity index (χ0n) is 14.5. The average molecular weight is 402 g/mol. The molecule has 0 saturated carbocycles. The fraction of sp³-hybridized carbons (Fsp3) is 0.0952. The average Bonchev–Trinajstić information content (AvgIpc) is 2.69. The number of methoxy groups -OCH3 is 1. The molecule has 0 bridgehead atoms. The van der Waals surface area contributed by atoms with Crippen LogP contribution in [-0.4, -0.2) is 13.0 Å². The molecule has 3 rings (SSSR count). The Balaban J connectivity index is 1.62. The molecule has 1 N–H and O–H groups in total. The van der Waals surface area contributed by atoms with Crippen LogP contribution in [-0.2, 0) is 6.61 Å². The molecule has 4 nitrogen and oxygen atoms in total. The van der Waals surface area contributed by atoms with E-state index in [-0.39, 0.29) is 5.91 Å². The molecule has 0 aromatic heterocycles. The first-order valence-electron chi connectivity index (χ1n) is 8.18. The van der Waals surface area contributed by atoms with Gasteiger partial charge in [-0.25, -0.2) is 0 Å². The van der Waals surface area contributed by atoms with Gasteiger partial charge in [-0.1, -0.05) is 47.5 Å². The second kappa shape index (κ2) is 8.80. The maximum Gasteiger partial charge on any atom is 0.255 e. The number of anilines is 1. The van der Waals surface area contributed by atoms with E-state index >= 15 is 0 Å². The van der Waals surface area contributed by atoms with Crippen molar-refractivity contribution in [1.82, 2.24) is 0 Å². The molecule has 138 valence electrons. The van der Waals surface area contributed by atoms with Crippen LogP contribution in [0.5, 0.6) is 11.5 Å². The van der Waals surface area contributed by atoms with Crippen molar-refractivity contribution in [3.05, 3.63) is 87.9 Å². The van der Waals surface area contributed by atoms with Crippen molar-refractivity contribution in [1.29, 1.82) is 0 Å². The number of hydrogen-bond donors (Lipinski definition) is 1. The molecule has 0 heterocycles. The monoisotopic (exact) mass is 401 g/mol. The minimum absolute atomic E-state index is 0.231. The van der Waals surface area contributed by atoms with Crippen LogP contribution in [0.4, 0.5) is 5.69 Å². The van der Waals surface area contributed by atoms with Crippen LogP contribution in [0.15, 0.2) is 66.7 Å². The molecule has 1 amide bonds. The predicted octanol–water partition coefficient (Wildman–Crippen LogP) is 5.83. The lowest BCUT2D eigenvalue weighted by Gasteiger charge is -2.11. The van der Waals surface area contributed by atoms with Gasteiger partial charge in [-0.3, -0.25) is 4.79 Å². The van der Waals surface area contributed by atoms with Gasteiger partial charge in [-0.05, 0) is 48.0 Å². The summed E-state index contributed by atoms with van der Waals surface area (Å²) in [7, 11) is 1.60. The Kier molecular flexibility index (Phi) is 6.22. The Bertz CT molecular complexity index is 942. The first-order valence-corrected chi connectivity index (χ1v) is 8.93. The molecule has 0 fully saturated rings. The molecule has 0 radical (unpaired) electrons. The number of amides is 1. The fourth-order valence-corrected chi connectivity index (χ4v) is 2.73. The Hall–Kier alpha value is -2.69. The third-order valence-corrected chi connectivity index (χ3v) is 4.60. The number of ether oxygens (including phenoxy) is 2. The molecular weight excluding hydrogens is 385 g/mol. The van der Waals surface area contributed by atoms with Gasteiger partial charge in [-0.15, -0.1) is 0 Å². The highest BCUT2D eigenvalue weighted by Gasteiger charge is 2.08. The molecule has 6 heteroatoms. The molecule has 0 aliphatic rings. The van der Waals surface area contributed by atoms with E-state index < -0.39 is 0 Å². The summed E-state index contributed by atoms with van der Waals surface area (Å²) in [4.78, 5) is 12.3. The number of rotatable bonds is 6. The number of carbonyl (C=O) groups excluding carboxylic acids is 1. The van der Waals surface area contributed by atoms with Crippen molar-refractivity contribution in [3.63, 3.8) is 0 Å². The molecule has 3 aromatic carbocycles. The van der Waals surface area contributed by atoms with Gasteiger partial charge in [0.25, 0.3) is 5.91 Å². The summed E-state index contributed by atoms with van der Waals surface area (Å²) in [6.45, 7) is 0.370. The Morgan fingerprint density at radius 1 is 0.926 bits per heavy atom. The summed E-state index contributed by atoms with van der Waals surface area (Å²) < 4.78 is 11.0. The number of para-hydroxylation sites is 2. The summed E-state index contributed by atoms with van der Waals surface area (Å²) >= 11 is 11.8. The third kappa shape index (κ3) is 4.94. The van der Waals surface area contributed by atoms with Crippen LogP contribution in [0, 0.1) is 0 Å².